The van der Waals surface area contributed by atoms with Crippen LogP contribution in [0.15, 0.2) is 60.9 Å². The van der Waals surface area contributed by atoms with Crippen molar-refractivity contribution in [3.05, 3.63) is 87.8 Å². The molecule has 0 spiro atoms. The van der Waals surface area contributed by atoms with Crippen LogP contribution in [0.4, 0.5) is 5.82 Å². The van der Waals surface area contributed by atoms with Crippen LogP contribution < -0.4 is 9.64 Å². The first kappa shape index (κ1) is 24.8. The van der Waals surface area contributed by atoms with Gasteiger partial charge in [-0.05, 0) is 48.1 Å². The van der Waals surface area contributed by atoms with Crippen molar-refractivity contribution in [2.75, 3.05) is 18.1 Å². The Morgan fingerprint density at radius 3 is 2.79 bits per heavy atom. The number of hydrogen-bond donors (Lipinski definition) is 1. The number of nitrogens with zero attached hydrogens (tertiary/aromatic N) is 4. The molecule has 0 atom stereocenters. The quantitative estimate of drug-likeness (QED) is 0.238. The first-order chi connectivity index (χ1) is 18.4. The number of anilines is 1. The Bertz CT molecular complexity index is 1640. The summed E-state index contributed by atoms with van der Waals surface area (Å²) in [5.41, 5.74) is 7.53. The summed E-state index contributed by atoms with van der Waals surface area (Å²) in [5, 5.41) is 7.45. The van der Waals surface area contributed by atoms with Crippen LogP contribution in [0.25, 0.3) is 27.8 Å². The number of pyridine rings is 1. The lowest BCUT2D eigenvalue weighted by molar-refractivity contribution is 0.270. The van der Waals surface area contributed by atoms with Crippen molar-refractivity contribution < 1.29 is 4.74 Å². The molecule has 0 saturated carbocycles. The zero-order valence-corrected chi connectivity index (χ0v) is 23.1. The van der Waals surface area contributed by atoms with Crippen molar-refractivity contribution in [1.29, 1.82) is 0 Å². The van der Waals surface area contributed by atoms with Gasteiger partial charge in [-0.1, -0.05) is 61.3 Å². The Kier molecular flexibility index (Phi) is 6.54. The number of aromatic amines is 1. The molecule has 5 aromatic rings. The molecular formula is C30H29Cl2N5O. The summed E-state index contributed by atoms with van der Waals surface area (Å²) in [5.74, 6) is 1.98. The number of ether oxygens (including phenoxy) is 1. The highest BCUT2D eigenvalue weighted by Gasteiger charge is 2.29. The van der Waals surface area contributed by atoms with Crippen molar-refractivity contribution in [3.63, 3.8) is 0 Å². The summed E-state index contributed by atoms with van der Waals surface area (Å²) in [4.78, 5) is 10.1. The molecule has 38 heavy (non-hydrogen) atoms. The summed E-state index contributed by atoms with van der Waals surface area (Å²) >= 11 is 12.7. The summed E-state index contributed by atoms with van der Waals surface area (Å²) in [6.07, 6.45) is 4.39. The van der Waals surface area contributed by atoms with Crippen LogP contribution in [0, 0.1) is 12.8 Å². The number of para-hydroxylation sites is 1. The van der Waals surface area contributed by atoms with Gasteiger partial charge in [0.05, 0.1) is 28.0 Å². The Hall–Kier alpha value is -3.48. The SMILES string of the molecule is Cc1cccc(OCC(C)C)c1-n1nc2c(c1-c1ccc3cc[nH]c3c1)CN(c1ncc(Cl)cc1Cl)CC2. The minimum atomic E-state index is 0.411. The van der Waals surface area contributed by atoms with E-state index >= 15 is 0 Å². The van der Waals surface area contributed by atoms with Crippen LogP contribution in [-0.4, -0.2) is 32.9 Å². The minimum Gasteiger partial charge on any atom is -0.491 e. The van der Waals surface area contributed by atoms with Crippen molar-refractivity contribution in [1.82, 2.24) is 19.7 Å². The third-order valence-corrected chi connectivity index (χ3v) is 7.42. The van der Waals surface area contributed by atoms with Gasteiger partial charge < -0.3 is 14.6 Å². The van der Waals surface area contributed by atoms with Gasteiger partial charge in [0.2, 0.25) is 0 Å². The molecule has 6 nitrogen and oxygen atoms in total. The minimum absolute atomic E-state index is 0.411. The van der Waals surface area contributed by atoms with Crippen molar-refractivity contribution >= 4 is 39.9 Å². The van der Waals surface area contributed by atoms with Gasteiger partial charge in [-0.15, -0.1) is 0 Å². The molecule has 1 aliphatic heterocycles. The van der Waals surface area contributed by atoms with E-state index in [1.54, 1.807) is 12.3 Å². The monoisotopic (exact) mass is 545 g/mol. The lowest BCUT2D eigenvalue weighted by Gasteiger charge is -2.28. The van der Waals surface area contributed by atoms with Crippen LogP contribution >= 0.6 is 23.2 Å². The van der Waals surface area contributed by atoms with E-state index in [1.165, 1.54) is 5.39 Å². The molecule has 0 aliphatic carbocycles. The molecule has 6 rings (SSSR count). The number of aromatic nitrogens is 4. The van der Waals surface area contributed by atoms with E-state index < -0.39 is 0 Å². The standard InChI is InChI=1S/C30H29Cl2N5O/c1-18(2)17-38-27-6-4-5-19(3)28(27)37-29(21-8-7-20-9-11-33-26(20)13-21)23-16-36(12-10-25(23)35-37)30-24(32)14-22(31)15-34-30/h4-9,11,13-15,18,33H,10,12,16-17H2,1-3H3. The molecule has 0 saturated heterocycles. The van der Waals surface area contributed by atoms with E-state index in [0.29, 0.717) is 29.1 Å². The van der Waals surface area contributed by atoms with Crippen LogP contribution in [0.2, 0.25) is 10.0 Å². The highest BCUT2D eigenvalue weighted by atomic mass is 35.5. The van der Waals surface area contributed by atoms with Crippen LogP contribution in [0.3, 0.4) is 0 Å². The molecule has 0 bridgehead atoms. The molecule has 3 aromatic heterocycles. The molecule has 4 heterocycles. The fourth-order valence-electron chi connectivity index (χ4n) is 5.12. The molecule has 0 radical (unpaired) electrons. The van der Waals surface area contributed by atoms with Gasteiger partial charge >= 0.3 is 0 Å². The first-order valence-electron chi connectivity index (χ1n) is 12.9. The van der Waals surface area contributed by atoms with E-state index in [0.717, 1.165) is 63.8 Å². The van der Waals surface area contributed by atoms with Crippen LogP contribution in [-0.2, 0) is 13.0 Å². The molecule has 0 unspecified atom stereocenters. The smallest absolute Gasteiger partial charge is 0.147 e. The number of hydrogen-bond acceptors (Lipinski definition) is 4. The predicted octanol–water partition coefficient (Wildman–Crippen LogP) is 7.63. The lowest BCUT2D eigenvalue weighted by Crippen LogP contribution is -2.31. The summed E-state index contributed by atoms with van der Waals surface area (Å²) < 4.78 is 8.40. The predicted molar refractivity (Wildman–Crippen MR) is 155 cm³/mol. The van der Waals surface area contributed by atoms with Gasteiger partial charge in [0, 0.05) is 48.5 Å². The second kappa shape index (κ2) is 10.0. The summed E-state index contributed by atoms with van der Waals surface area (Å²) in [7, 11) is 0. The Morgan fingerprint density at radius 1 is 1.11 bits per heavy atom. The van der Waals surface area contributed by atoms with Gasteiger partial charge in [0.1, 0.15) is 17.3 Å². The maximum atomic E-state index is 6.57. The van der Waals surface area contributed by atoms with Crippen LogP contribution in [0.1, 0.15) is 30.7 Å². The van der Waals surface area contributed by atoms with Crippen molar-refractivity contribution in [2.24, 2.45) is 5.92 Å². The molecule has 0 fully saturated rings. The second-order valence-corrected chi connectivity index (χ2v) is 11.1. The number of aryl methyl sites for hydroxylation is 1. The van der Waals surface area contributed by atoms with E-state index in [4.69, 9.17) is 33.0 Å². The summed E-state index contributed by atoms with van der Waals surface area (Å²) in [6.45, 7) is 8.45. The van der Waals surface area contributed by atoms with Crippen LogP contribution in [0.5, 0.6) is 5.75 Å². The maximum absolute atomic E-state index is 6.57. The third-order valence-electron chi connectivity index (χ3n) is 6.94. The van der Waals surface area contributed by atoms with E-state index in [9.17, 15) is 0 Å². The van der Waals surface area contributed by atoms with Gasteiger partial charge in [-0.2, -0.15) is 5.10 Å². The van der Waals surface area contributed by atoms with E-state index in [1.807, 2.05) is 18.3 Å². The number of rotatable bonds is 6. The third kappa shape index (κ3) is 4.52. The topological polar surface area (TPSA) is 59.0 Å². The van der Waals surface area contributed by atoms with E-state index in [-0.39, 0.29) is 0 Å². The number of fused-ring (bicyclic) bond motifs is 2. The normalized spacial score (nSPS) is 13.4. The molecular weight excluding hydrogens is 517 g/mol. The zero-order chi connectivity index (χ0) is 26.4. The second-order valence-electron chi connectivity index (χ2n) is 10.2. The molecule has 8 heteroatoms. The van der Waals surface area contributed by atoms with E-state index in [2.05, 4.69) is 70.7 Å². The number of halogens is 2. The van der Waals surface area contributed by atoms with Gasteiger partial charge in [0.25, 0.3) is 0 Å². The lowest BCUT2D eigenvalue weighted by atomic mass is 9.99. The molecule has 1 aliphatic rings. The van der Waals surface area contributed by atoms with Crippen molar-refractivity contribution in [2.45, 2.75) is 33.7 Å². The maximum Gasteiger partial charge on any atom is 0.147 e. The van der Waals surface area contributed by atoms with Gasteiger partial charge in [0.15, 0.2) is 0 Å². The average molecular weight is 547 g/mol. The fourth-order valence-corrected chi connectivity index (χ4v) is 5.62. The highest BCUT2D eigenvalue weighted by molar-refractivity contribution is 6.36. The Labute approximate surface area is 232 Å². The first-order valence-corrected chi connectivity index (χ1v) is 13.6. The summed E-state index contributed by atoms with van der Waals surface area (Å²) in [6, 6.07) is 16.5. The average Bonchev–Trinajstić information content (AvgIpc) is 3.51. The van der Waals surface area contributed by atoms with Gasteiger partial charge in [-0.3, -0.25) is 0 Å². The van der Waals surface area contributed by atoms with Gasteiger partial charge in [-0.25, -0.2) is 9.67 Å². The highest BCUT2D eigenvalue weighted by Crippen LogP contribution is 2.39. The molecule has 194 valence electrons. The fraction of sp³-hybridized carbons (Fsp3) is 0.267. The largest absolute Gasteiger partial charge is 0.491 e. The van der Waals surface area contributed by atoms with Crippen molar-refractivity contribution in [3.8, 4) is 22.7 Å². The number of nitrogens with one attached hydrogen (secondary N) is 1. The molecule has 1 N–H and O–H groups in total. The Balaban J connectivity index is 1.53. The molecule has 2 aromatic carbocycles. The Morgan fingerprint density at radius 2 is 1.97 bits per heavy atom. The molecule has 0 amide bonds. The number of benzene rings is 2. The zero-order valence-electron chi connectivity index (χ0n) is 21.6. The number of H-pyrrole nitrogens is 1.